The van der Waals surface area contributed by atoms with Crippen LogP contribution in [0.5, 0.6) is 5.75 Å². The lowest BCUT2D eigenvalue weighted by Crippen LogP contribution is -2.37. The number of rotatable bonds is 6. The van der Waals surface area contributed by atoms with Crippen LogP contribution < -0.4 is 10.1 Å². The predicted octanol–water partition coefficient (Wildman–Crippen LogP) is 3.42. The van der Waals surface area contributed by atoms with Gasteiger partial charge in [-0.1, -0.05) is 25.4 Å². The first-order chi connectivity index (χ1) is 9.70. The Labute approximate surface area is 129 Å². The number of amides is 1. The van der Waals surface area contributed by atoms with Crippen molar-refractivity contribution in [3.8, 4) is 5.75 Å². The van der Waals surface area contributed by atoms with E-state index in [-0.39, 0.29) is 18.2 Å². The number of benzene rings is 1. The van der Waals surface area contributed by atoms with E-state index in [1.165, 1.54) is 7.11 Å². The highest BCUT2D eigenvalue weighted by Crippen LogP contribution is 2.32. The minimum absolute atomic E-state index is 0.106. The summed E-state index contributed by atoms with van der Waals surface area (Å²) in [6, 6.07) is 4.83. The Morgan fingerprint density at radius 1 is 1.43 bits per heavy atom. The molecule has 0 aliphatic carbocycles. The van der Waals surface area contributed by atoms with E-state index in [9.17, 15) is 14.7 Å². The van der Waals surface area contributed by atoms with Crippen LogP contribution in [-0.2, 0) is 9.59 Å². The Morgan fingerprint density at radius 3 is 2.52 bits per heavy atom. The second-order valence-corrected chi connectivity index (χ2v) is 5.86. The van der Waals surface area contributed by atoms with E-state index in [4.69, 9.17) is 16.3 Å². The molecule has 1 aromatic carbocycles. The van der Waals surface area contributed by atoms with E-state index in [1.54, 1.807) is 39.0 Å². The van der Waals surface area contributed by atoms with Gasteiger partial charge in [-0.2, -0.15) is 0 Å². The SMILES string of the molecule is COc1cc(NC(=O)CC(C)(C(=O)O)C(C)C)ccc1Cl. The number of nitrogens with one attached hydrogen (secondary N) is 1. The van der Waals surface area contributed by atoms with Crippen molar-refractivity contribution in [1.82, 2.24) is 0 Å². The van der Waals surface area contributed by atoms with Gasteiger partial charge in [0.2, 0.25) is 5.91 Å². The van der Waals surface area contributed by atoms with Crippen LogP contribution in [0.3, 0.4) is 0 Å². The van der Waals surface area contributed by atoms with Crippen LogP contribution in [0.1, 0.15) is 27.2 Å². The number of hydrogen-bond acceptors (Lipinski definition) is 3. The van der Waals surface area contributed by atoms with Gasteiger partial charge in [-0.05, 0) is 25.0 Å². The third-order valence-electron chi connectivity index (χ3n) is 3.73. The van der Waals surface area contributed by atoms with Crippen molar-refractivity contribution in [2.24, 2.45) is 11.3 Å². The zero-order chi connectivity index (χ0) is 16.2. The first-order valence-electron chi connectivity index (χ1n) is 6.57. The molecule has 1 rings (SSSR count). The fourth-order valence-corrected chi connectivity index (χ4v) is 2.00. The number of carboxylic acids is 1. The summed E-state index contributed by atoms with van der Waals surface area (Å²) in [7, 11) is 1.48. The Bertz CT molecular complexity index is 544. The van der Waals surface area contributed by atoms with Gasteiger partial charge in [-0.3, -0.25) is 9.59 Å². The molecule has 1 aromatic rings. The molecular weight excluding hydrogens is 294 g/mol. The minimum Gasteiger partial charge on any atom is -0.495 e. The third-order valence-corrected chi connectivity index (χ3v) is 4.04. The normalized spacial score (nSPS) is 13.6. The maximum absolute atomic E-state index is 12.1. The maximum Gasteiger partial charge on any atom is 0.310 e. The summed E-state index contributed by atoms with van der Waals surface area (Å²) in [6.45, 7) is 5.14. The van der Waals surface area contributed by atoms with Crippen molar-refractivity contribution in [3.63, 3.8) is 0 Å². The molecule has 0 saturated carbocycles. The molecule has 1 unspecified atom stereocenters. The summed E-state index contributed by atoms with van der Waals surface area (Å²) in [5.74, 6) is -1.07. The molecule has 0 radical (unpaired) electrons. The van der Waals surface area contributed by atoms with Gasteiger partial charge in [0.25, 0.3) is 0 Å². The maximum atomic E-state index is 12.1. The highest BCUT2D eigenvalue weighted by atomic mass is 35.5. The number of hydrogen-bond donors (Lipinski definition) is 2. The van der Waals surface area contributed by atoms with E-state index < -0.39 is 11.4 Å². The summed E-state index contributed by atoms with van der Waals surface area (Å²) in [5.41, 5.74) is -0.599. The first kappa shape index (κ1) is 17.3. The summed E-state index contributed by atoms with van der Waals surface area (Å²) < 4.78 is 5.07. The molecule has 1 atom stereocenters. The highest BCUT2D eigenvalue weighted by Gasteiger charge is 2.38. The molecule has 116 valence electrons. The van der Waals surface area contributed by atoms with Gasteiger partial charge in [0.1, 0.15) is 5.75 Å². The molecule has 5 nitrogen and oxygen atoms in total. The first-order valence-corrected chi connectivity index (χ1v) is 6.95. The summed E-state index contributed by atoms with van der Waals surface area (Å²) in [5, 5.41) is 12.4. The van der Waals surface area contributed by atoms with Crippen molar-refractivity contribution in [1.29, 1.82) is 0 Å². The van der Waals surface area contributed by atoms with Crippen LogP contribution in [0.2, 0.25) is 5.02 Å². The second-order valence-electron chi connectivity index (χ2n) is 5.45. The van der Waals surface area contributed by atoms with Crippen molar-refractivity contribution < 1.29 is 19.4 Å². The monoisotopic (exact) mass is 313 g/mol. The standard InChI is InChI=1S/C15H20ClNO4/c1-9(2)15(3,14(19)20)8-13(18)17-10-5-6-11(16)12(7-10)21-4/h5-7,9H,8H2,1-4H3,(H,17,18)(H,19,20). The third kappa shape index (κ3) is 4.11. The Balaban J connectivity index is 2.84. The average Bonchev–Trinajstić information content (AvgIpc) is 2.40. The van der Waals surface area contributed by atoms with Crippen molar-refractivity contribution in [2.75, 3.05) is 12.4 Å². The zero-order valence-corrected chi connectivity index (χ0v) is 13.3. The van der Waals surface area contributed by atoms with Crippen LogP contribution in [0.4, 0.5) is 5.69 Å². The molecule has 0 bridgehead atoms. The largest absolute Gasteiger partial charge is 0.495 e. The molecule has 0 heterocycles. The number of anilines is 1. The second kappa shape index (κ2) is 6.80. The van der Waals surface area contributed by atoms with Gasteiger partial charge < -0.3 is 15.2 Å². The quantitative estimate of drug-likeness (QED) is 0.843. The van der Waals surface area contributed by atoms with Crippen molar-refractivity contribution in [3.05, 3.63) is 23.2 Å². The molecule has 0 fully saturated rings. The average molecular weight is 314 g/mol. The lowest BCUT2D eigenvalue weighted by Gasteiger charge is -2.28. The van der Waals surface area contributed by atoms with E-state index in [0.717, 1.165) is 0 Å². The number of halogens is 1. The molecule has 0 aliphatic heterocycles. The van der Waals surface area contributed by atoms with Gasteiger partial charge in [0.05, 0.1) is 17.5 Å². The van der Waals surface area contributed by atoms with E-state index >= 15 is 0 Å². The van der Waals surface area contributed by atoms with Crippen molar-refractivity contribution >= 4 is 29.2 Å². The smallest absolute Gasteiger partial charge is 0.310 e. The lowest BCUT2D eigenvalue weighted by molar-refractivity contribution is -0.153. The summed E-state index contributed by atoms with van der Waals surface area (Å²) >= 11 is 5.91. The number of carboxylic acid groups (broad SMARTS) is 1. The highest BCUT2D eigenvalue weighted by molar-refractivity contribution is 6.32. The Hall–Kier alpha value is -1.75. The van der Waals surface area contributed by atoms with Crippen LogP contribution in [0, 0.1) is 11.3 Å². The van der Waals surface area contributed by atoms with Gasteiger partial charge in [0.15, 0.2) is 0 Å². The van der Waals surface area contributed by atoms with Gasteiger partial charge in [-0.25, -0.2) is 0 Å². The van der Waals surface area contributed by atoms with Crippen LogP contribution in [-0.4, -0.2) is 24.1 Å². The fraction of sp³-hybridized carbons (Fsp3) is 0.467. The molecule has 2 N–H and O–H groups in total. The van der Waals surface area contributed by atoms with Crippen LogP contribution >= 0.6 is 11.6 Å². The van der Waals surface area contributed by atoms with Crippen molar-refractivity contribution in [2.45, 2.75) is 27.2 Å². The topological polar surface area (TPSA) is 75.6 Å². The molecule has 0 aliphatic rings. The van der Waals surface area contributed by atoms with Gasteiger partial charge in [0, 0.05) is 18.2 Å². The zero-order valence-electron chi connectivity index (χ0n) is 12.6. The van der Waals surface area contributed by atoms with Gasteiger partial charge >= 0.3 is 5.97 Å². The predicted molar refractivity (Wildman–Crippen MR) is 81.8 cm³/mol. The molecule has 6 heteroatoms. The van der Waals surface area contributed by atoms with E-state index in [1.807, 2.05) is 0 Å². The number of methoxy groups -OCH3 is 1. The number of aliphatic carboxylic acids is 1. The lowest BCUT2D eigenvalue weighted by atomic mass is 9.76. The Morgan fingerprint density at radius 2 is 2.05 bits per heavy atom. The fourth-order valence-electron chi connectivity index (χ4n) is 1.80. The summed E-state index contributed by atoms with van der Waals surface area (Å²) in [4.78, 5) is 23.5. The van der Waals surface area contributed by atoms with E-state index in [2.05, 4.69) is 5.32 Å². The Kier molecular flexibility index (Phi) is 5.61. The number of ether oxygens (including phenoxy) is 1. The molecule has 21 heavy (non-hydrogen) atoms. The summed E-state index contributed by atoms with van der Waals surface area (Å²) in [6.07, 6.45) is -0.106. The molecular formula is C15H20ClNO4. The molecule has 0 aromatic heterocycles. The number of carbonyl (C=O) groups is 2. The van der Waals surface area contributed by atoms with Crippen LogP contribution in [0.25, 0.3) is 0 Å². The molecule has 1 amide bonds. The van der Waals surface area contributed by atoms with Crippen LogP contribution in [0.15, 0.2) is 18.2 Å². The molecule has 0 spiro atoms. The molecule has 0 saturated heterocycles. The number of carbonyl (C=O) groups excluding carboxylic acids is 1. The van der Waals surface area contributed by atoms with Gasteiger partial charge in [-0.15, -0.1) is 0 Å². The minimum atomic E-state index is -1.11. The van der Waals surface area contributed by atoms with E-state index in [0.29, 0.717) is 16.5 Å².